The van der Waals surface area contributed by atoms with E-state index in [-0.39, 0.29) is 5.91 Å². The van der Waals surface area contributed by atoms with Crippen molar-refractivity contribution in [2.75, 3.05) is 21.2 Å². The third-order valence-electron chi connectivity index (χ3n) is 4.16. The SMILES string of the molecule is CN=C1SC(=Cc2ccc(OCc3cccc(C)c3)c(OC)c2)C(=O)N1C. The van der Waals surface area contributed by atoms with Crippen molar-refractivity contribution in [3.05, 3.63) is 64.1 Å². The summed E-state index contributed by atoms with van der Waals surface area (Å²) in [4.78, 5) is 18.6. The highest BCUT2D eigenvalue weighted by atomic mass is 32.2. The fraction of sp³-hybridized carbons (Fsp3) is 0.238. The summed E-state index contributed by atoms with van der Waals surface area (Å²) < 4.78 is 11.4. The van der Waals surface area contributed by atoms with Crippen LogP contribution in [0.25, 0.3) is 6.08 Å². The number of benzene rings is 2. The predicted molar refractivity (Wildman–Crippen MR) is 110 cm³/mol. The molecular formula is C21H22N2O3S. The van der Waals surface area contributed by atoms with Crippen LogP contribution < -0.4 is 9.47 Å². The van der Waals surface area contributed by atoms with E-state index in [1.54, 1.807) is 26.1 Å². The molecule has 6 heteroatoms. The Morgan fingerprint density at radius 3 is 2.67 bits per heavy atom. The number of amidine groups is 1. The summed E-state index contributed by atoms with van der Waals surface area (Å²) in [6, 6.07) is 13.8. The van der Waals surface area contributed by atoms with E-state index in [1.165, 1.54) is 17.3 Å². The zero-order valence-corrected chi connectivity index (χ0v) is 16.7. The summed E-state index contributed by atoms with van der Waals surface area (Å²) in [5, 5.41) is 0.691. The van der Waals surface area contributed by atoms with Gasteiger partial charge in [0, 0.05) is 14.1 Å². The van der Waals surface area contributed by atoms with Gasteiger partial charge in [0.2, 0.25) is 0 Å². The van der Waals surface area contributed by atoms with Crippen LogP contribution in [-0.2, 0) is 11.4 Å². The van der Waals surface area contributed by atoms with Gasteiger partial charge in [0.05, 0.1) is 12.0 Å². The molecule has 1 aliphatic heterocycles. The zero-order valence-electron chi connectivity index (χ0n) is 15.9. The quantitative estimate of drug-likeness (QED) is 0.730. The number of ether oxygens (including phenoxy) is 2. The van der Waals surface area contributed by atoms with Gasteiger partial charge in [-0.05, 0) is 48.0 Å². The number of carbonyl (C=O) groups is 1. The van der Waals surface area contributed by atoms with Gasteiger partial charge >= 0.3 is 0 Å². The average Bonchev–Trinajstić information content (AvgIpc) is 2.94. The van der Waals surface area contributed by atoms with Gasteiger partial charge < -0.3 is 9.47 Å². The van der Waals surface area contributed by atoms with Gasteiger partial charge in [-0.3, -0.25) is 14.7 Å². The normalized spacial score (nSPS) is 17.0. The Morgan fingerprint density at radius 1 is 1.19 bits per heavy atom. The smallest absolute Gasteiger partial charge is 0.266 e. The molecule has 1 saturated heterocycles. The van der Waals surface area contributed by atoms with E-state index >= 15 is 0 Å². The largest absolute Gasteiger partial charge is 0.493 e. The van der Waals surface area contributed by atoms with Crippen LogP contribution in [0.4, 0.5) is 0 Å². The minimum atomic E-state index is -0.0562. The fourth-order valence-corrected chi connectivity index (χ4v) is 3.68. The van der Waals surface area contributed by atoms with Crippen molar-refractivity contribution in [1.29, 1.82) is 0 Å². The minimum Gasteiger partial charge on any atom is -0.493 e. The lowest BCUT2D eigenvalue weighted by Crippen LogP contribution is -2.23. The number of nitrogens with zero attached hydrogens (tertiary/aromatic N) is 2. The molecule has 140 valence electrons. The van der Waals surface area contributed by atoms with Gasteiger partial charge in [0.1, 0.15) is 6.61 Å². The van der Waals surface area contributed by atoms with Gasteiger partial charge in [0.15, 0.2) is 16.7 Å². The van der Waals surface area contributed by atoms with Gasteiger partial charge in [-0.2, -0.15) is 0 Å². The van der Waals surface area contributed by atoms with Crippen LogP contribution in [0.1, 0.15) is 16.7 Å². The number of amides is 1. The molecule has 1 aliphatic rings. The maximum Gasteiger partial charge on any atom is 0.266 e. The number of likely N-dealkylation sites (N-methyl/N-ethyl adjacent to an activating group) is 1. The molecule has 5 nitrogen and oxygen atoms in total. The first kappa shape index (κ1) is 19.0. The van der Waals surface area contributed by atoms with E-state index in [0.29, 0.717) is 28.2 Å². The molecule has 0 N–H and O–H groups in total. The maximum absolute atomic E-state index is 12.3. The van der Waals surface area contributed by atoms with Crippen LogP contribution in [0.15, 0.2) is 52.4 Å². The molecule has 0 bridgehead atoms. The molecule has 2 aromatic rings. The van der Waals surface area contributed by atoms with Crippen LogP contribution in [0.2, 0.25) is 0 Å². The molecule has 0 unspecified atom stereocenters. The minimum absolute atomic E-state index is 0.0562. The van der Waals surface area contributed by atoms with Crippen molar-refractivity contribution in [3.63, 3.8) is 0 Å². The second kappa shape index (κ2) is 8.31. The third-order valence-corrected chi connectivity index (χ3v) is 5.31. The molecule has 0 radical (unpaired) electrons. The van der Waals surface area contributed by atoms with Crippen LogP contribution in [-0.4, -0.2) is 37.2 Å². The van der Waals surface area contributed by atoms with Gasteiger partial charge in [0.25, 0.3) is 5.91 Å². The summed E-state index contributed by atoms with van der Waals surface area (Å²) in [6.45, 7) is 2.52. The maximum atomic E-state index is 12.3. The molecule has 1 amide bonds. The van der Waals surface area contributed by atoms with Crippen LogP contribution >= 0.6 is 11.8 Å². The number of methoxy groups -OCH3 is 1. The summed E-state index contributed by atoms with van der Waals surface area (Å²) in [6.07, 6.45) is 1.84. The molecule has 1 fully saturated rings. The van der Waals surface area contributed by atoms with Crippen molar-refractivity contribution in [1.82, 2.24) is 4.90 Å². The van der Waals surface area contributed by atoms with Crippen LogP contribution in [0, 0.1) is 6.92 Å². The second-order valence-electron chi connectivity index (χ2n) is 6.17. The van der Waals surface area contributed by atoms with Gasteiger partial charge in [-0.25, -0.2) is 0 Å². The van der Waals surface area contributed by atoms with Crippen molar-refractivity contribution >= 4 is 28.9 Å². The molecule has 0 aliphatic carbocycles. The highest BCUT2D eigenvalue weighted by Crippen LogP contribution is 2.34. The Hall–Kier alpha value is -2.73. The average molecular weight is 382 g/mol. The highest BCUT2D eigenvalue weighted by Gasteiger charge is 2.29. The Balaban J connectivity index is 1.78. The number of rotatable bonds is 5. The van der Waals surface area contributed by atoms with Crippen molar-refractivity contribution in [2.45, 2.75) is 13.5 Å². The van der Waals surface area contributed by atoms with E-state index < -0.39 is 0 Å². The molecule has 1 heterocycles. The lowest BCUT2D eigenvalue weighted by molar-refractivity contribution is -0.121. The van der Waals surface area contributed by atoms with E-state index in [1.807, 2.05) is 36.4 Å². The van der Waals surface area contributed by atoms with Crippen LogP contribution in [0.3, 0.4) is 0 Å². The second-order valence-corrected chi connectivity index (χ2v) is 7.18. The lowest BCUT2D eigenvalue weighted by atomic mass is 10.1. The Labute approximate surface area is 163 Å². The van der Waals surface area contributed by atoms with E-state index in [2.05, 4.69) is 24.0 Å². The lowest BCUT2D eigenvalue weighted by Gasteiger charge is -2.12. The molecule has 0 aromatic heterocycles. The number of aliphatic imine (C=N–C) groups is 1. The summed E-state index contributed by atoms with van der Waals surface area (Å²) in [5.74, 6) is 1.24. The molecule has 27 heavy (non-hydrogen) atoms. The molecule has 0 atom stereocenters. The van der Waals surface area contributed by atoms with E-state index in [0.717, 1.165) is 11.1 Å². The molecular weight excluding hydrogens is 360 g/mol. The standard InChI is InChI=1S/C21H22N2O3S/c1-14-6-5-7-16(10-14)13-26-17-9-8-15(11-18(17)25-4)12-19-20(24)23(3)21(22-2)27-19/h5-12H,13H2,1-4H3. The van der Waals surface area contributed by atoms with Crippen molar-refractivity contribution in [2.24, 2.45) is 4.99 Å². The first-order valence-corrected chi connectivity index (χ1v) is 9.34. The van der Waals surface area contributed by atoms with Gasteiger partial charge in [-0.1, -0.05) is 35.9 Å². The molecule has 2 aromatic carbocycles. The number of aryl methyl sites for hydroxylation is 1. The van der Waals surface area contributed by atoms with E-state index in [9.17, 15) is 4.79 Å². The molecule has 3 rings (SSSR count). The fourth-order valence-electron chi connectivity index (χ4n) is 2.76. The summed E-state index contributed by atoms with van der Waals surface area (Å²) in [5.41, 5.74) is 3.17. The number of carbonyl (C=O) groups excluding carboxylic acids is 1. The summed E-state index contributed by atoms with van der Waals surface area (Å²) in [7, 11) is 5.01. The Morgan fingerprint density at radius 2 is 2.00 bits per heavy atom. The molecule has 0 saturated carbocycles. The van der Waals surface area contributed by atoms with Gasteiger partial charge in [-0.15, -0.1) is 0 Å². The number of hydrogen-bond acceptors (Lipinski definition) is 5. The molecule has 0 spiro atoms. The first-order valence-electron chi connectivity index (χ1n) is 8.52. The predicted octanol–water partition coefficient (Wildman–Crippen LogP) is 4.11. The zero-order chi connectivity index (χ0) is 19.4. The highest BCUT2D eigenvalue weighted by molar-refractivity contribution is 8.18. The number of thioether (sulfide) groups is 1. The first-order chi connectivity index (χ1) is 13.0. The Bertz CT molecular complexity index is 921. The third kappa shape index (κ3) is 4.34. The topological polar surface area (TPSA) is 51.1 Å². The van der Waals surface area contributed by atoms with E-state index in [4.69, 9.17) is 9.47 Å². The van der Waals surface area contributed by atoms with Crippen molar-refractivity contribution in [3.8, 4) is 11.5 Å². The van der Waals surface area contributed by atoms with Crippen LogP contribution in [0.5, 0.6) is 11.5 Å². The monoisotopic (exact) mass is 382 g/mol. The Kier molecular flexibility index (Phi) is 5.86. The number of hydrogen-bond donors (Lipinski definition) is 0. The van der Waals surface area contributed by atoms with Crippen molar-refractivity contribution < 1.29 is 14.3 Å². The summed E-state index contributed by atoms with van der Waals surface area (Å²) >= 11 is 1.36.